The van der Waals surface area contributed by atoms with Crippen LogP contribution in [0.2, 0.25) is 0 Å². The van der Waals surface area contributed by atoms with Gasteiger partial charge in [-0.3, -0.25) is 9.35 Å². The maximum Gasteiger partial charge on any atom is 0.407 e. The van der Waals surface area contributed by atoms with Gasteiger partial charge in [0.1, 0.15) is 18.4 Å². The first-order valence-electron chi connectivity index (χ1n) is 7.59. The van der Waals surface area contributed by atoms with Gasteiger partial charge in [0.05, 0.1) is 0 Å². The first-order chi connectivity index (χ1) is 12.3. The fourth-order valence-corrected chi connectivity index (χ4v) is 4.16. The summed E-state index contributed by atoms with van der Waals surface area (Å²) in [6, 6.07) is 11.8. The molecule has 1 unspecified atom stereocenters. The van der Waals surface area contributed by atoms with E-state index in [-0.39, 0.29) is 6.61 Å². The summed E-state index contributed by atoms with van der Waals surface area (Å²) in [5.74, 6) is -1.22. The molecule has 1 amide bonds. The highest BCUT2D eigenvalue weighted by molar-refractivity contribution is 7.86. The normalized spacial score (nSPS) is 15.0. The van der Waals surface area contributed by atoms with E-state index in [0.29, 0.717) is 27.8 Å². The third-order valence-corrected chi connectivity index (χ3v) is 5.12. The summed E-state index contributed by atoms with van der Waals surface area (Å²) in [4.78, 5) is 22.0. The van der Waals surface area contributed by atoms with Crippen molar-refractivity contribution in [3.8, 4) is 11.1 Å². The van der Waals surface area contributed by atoms with Gasteiger partial charge >= 0.3 is 12.1 Å². The first-order valence-corrected chi connectivity index (χ1v) is 9.09. The van der Waals surface area contributed by atoms with Gasteiger partial charge in [0.15, 0.2) is 0 Å². The highest BCUT2D eigenvalue weighted by Crippen LogP contribution is 2.48. The average Bonchev–Trinajstić information content (AvgIpc) is 2.93. The SMILES string of the molecule is O=C(O)CNC(=O)OCc1cccc2c1C(S(=O)(=O)O)c1ccccc1-2. The lowest BCUT2D eigenvalue weighted by atomic mass is 10.0. The third kappa shape index (κ3) is 3.39. The molecule has 3 N–H and O–H groups in total. The molecule has 1 aliphatic rings. The van der Waals surface area contributed by atoms with Crippen LogP contribution in [0.1, 0.15) is 21.9 Å². The Hall–Kier alpha value is -2.91. The molecule has 0 saturated heterocycles. The molecule has 26 heavy (non-hydrogen) atoms. The summed E-state index contributed by atoms with van der Waals surface area (Å²) >= 11 is 0. The van der Waals surface area contributed by atoms with E-state index in [2.05, 4.69) is 5.32 Å². The van der Waals surface area contributed by atoms with Gasteiger partial charge in [0.2, 0.25) is 0 Å². The Balaban J connectivity index is 1.94. The molecular formula is C17H15NO7S. The second-order valence-corrected chi connectivity index (χ2v) is 7.19. The van der Waals surface area contributed by atoms with Gasteiger partial charge in [-0.1, -0.05) is 42.5 Å². The standard InChI is InChI=1S/C17H15NO7S/c19-14(20)8-18-17(21)25-9-10-4-3-7-12-11-5-1-2-6-13(11)16(15(10)12)26(22,23)24/h1-7,16H,8-9H2,(H,18,21)(H,19,20)(H,22,23,24). The van der Waals surface area contributed by atoms with E-state index < -0.39 is 34.0 Å². The third-order valence-electron chi connectivity index (χ3n) is 4.03. The largest absolute Gasteiger partial charge is 0.480 e. The number of carbonyl (C=O) groups excluding carboxylic acids is 1. The Labute approximate surface area is 149 Å². The van der Waals surface area contributed by atoms with Crippen LogP contribution in [-0.4, -0.2) is 36.7 Å². The smallest absolute Gasteiger partial charge is 0.407 e. The van der Waals surface area contributed by atoms with Gasteiger partial charge < -0.3 is 15.2 Å². The number of rotatable bonds is 5. The van der Waals surface area contributed by atoms with Gasteiger partial charge in [0.25, 0.3) is 10.1 Å². The first kappa shape index (κ1) is 17.9. The molecule has 0 aliphatic heterocycles. The van der Waals surface area contributed by atoms with Crippen LogP contribution < -0.4 is 5.32 Å². The number of alkyl carbamates (subject to hydrolysis) is 1. The fourth-order valence-electron chi connectivity index (χ4n) is 3.06. The summed E-state index contributed by atoms with van der Waals surface area (Å²) in [7, 11) is -4.45. The second kappa shape index (κ2) is 6.77. The number of hydrogen-bond donors (Lipinski definition) is 3. The Bertz CT molecular complexity index is 984. The van der Waals surface area contributed by atoms with Gasteiger partial charge in [-0.2, -0.15) is 8.42 Å². The number of ether oxygens (including phenoxy) is 1. The molecule has 1 aliphatic carbocycles. The summed E-state index contributed by atoms with van der Waals surface area (Å²) < 4.78 is 38.7. The van der Waals surface area contributed by atoms with E-state index in [0.717, 1.165) is 0 Å². The minimum Gasteiger partial charge on any atom is -0.480 e. The lowest BCUT2D eigenvalue weighted by molar-refractivity contribution is -0.135. The average molecular weight is 377 g/mol. The Morgan fingerprint density at radius 1 is 1.08 bits per heavy atom. The topological polar surface area (TPSA) is 130 Å². The summed E-state index contributed by atoms with van der Waals surface area (Å²) in [5.41, 5.74) is 2.53. The van der Waals surface area contributed by atoms with Crippen LogP contribution in [-0.2, 0) is 26.3 Å². The lowest BCUT2D eigenvalue weighted by Gasteiger charge is -2.15. The molecule has 3 rings (SSSR count). The molecule has 0 heterocycles. The van der Waals surface area contributed by atoms with Crippen LogP contribution >= 0.6 is 0 Å². The van der Waals surface area contributed by atoms with Crippen molar-refractivity contribution in [3.63, 3.8) is 0 Å². The number of carboxylic acid groups (broad SMARTS) is 1. The summed E-state index contributed by atoms with van der Waals surface area (Å²) in [5, 5.41) is 9.32. The Morgan fingerprint density at radius 3 is 2.46 bits per heavy atom. The molecule has 0 fully saturated rings. The zero-order chi connectivity index (χ0) is 18.9. The van der Waals surface area contributed by atoms with Crippen molar-refractivity contribution >= 4 is 22.2 Å². The van der Waals surface area contributed by atoms with Crippen molar-refractivity contribution in [2.24, 2.45) is 0 Å². The van der Waals surface area contributed by atoms with Crippen LogP contribution in [0.3, 0.4) is 0 Å². The summed E-state index contributed by atoms with van der Waals surface area (Å²) in [6.07, 6.45) is -0.941. The number of benzene rings is 2. The minimum absolute atomic E-state index is 0.269. The van der Waals surface area contributed by atoms with Crippen LogP contribution in [0, 0.1) is 0 Å². The van der Waals surface area contributed by atoms with Crippen molar-refractivity contribution in [3.05, 3.63) is 59.2 Å². The Morgan fingerprint density at radius 2 is 1.77 bits per heavy atom. The molecule has 0 spiro atoms. The molecule has 9 heteroatoms. The van der Waals surface area contributed by atoms with Crippen molar-refractivity contribution in [2.45, 2.75) is 11.9 Å². The molecule has 1 atom stereocenters. The monoisotopic (exact) mass is 377 g/mol. The van der Waals surface area contributed by atoms with E-state index in [9.17, 15) is 22.6 Å². The number of aliphatic carboxylic acids is 1. The second-order valence-electron chi connectivity index (χ2n) is 5.68. The predicted octanol–water partition coefficient (Wildman–Crippen LogP) is 1.95. The van der Waals surface area contributed by atoms with Crippen molar-refractivity contribution in [2.75, 3.05) is 6.54 Å². The van der Waals surface area contributed by atoms with Crippen molar-refractivity contribution in [1.29, 1.82) is 0 Å². The lowest BCUT2D eigenvalue weighted by Crippen LogP contribution is -2.29. The van der Waals surface area contributed by atoms with E-state index >= 15 is 0 Å². The molecule has 0 bridgehead atoms. The zero-order valence-electron chi connectivity index (χ0n) is 13.4. The molecule has 8 nitrogen and oxygen atoms in total. The molecule has 0 aromatic heterocycles. The van der Waals surface area contributed by atoms with Gasteiger partial charge in [-0.15, -0.1) is 0 Å². The minimum atomic E-state index is -4.45. The Kier molecular flexibility index (Phi) is 4.66. The number of amides is 1. The fraction of sp³-hybridized carbons (Fsp3) is 0.176. The number of carbonyl (C=O) groups is 2. The maximum absolute atomic E-state index is 12.0. The van der Waals surface area contributed by atoms with Crippen molar-refractivity contribution in [1.82, 2.24) is 5.32 Å². The number of hydrogen-bond acceptors (Lipinski definition) is 5. The molecule has 2 aromatic rings. The van der Waals surface area contributed by atoms with Crippen LogP contribution in [0.5, 0.6) is 0 Å². The molecule has 0 radical (unpaired) electrons. The molecule has 136 valence electrons. The molecular weight excluding hydrogens is 362 g/mol. The van der Waals surface area contributed by atoms with E-state index in [1.54, 1.807) is 42.5 Å². The number of carboxylic acids is 1. The van der Waals surface area contributed by atoms with Crippen LogP contribution in [0.25, 0.3) is 11.1 Å². The van der Waals surface area contributed by atoms with E-state index in [4.69, 9.17) is 9.84 Å². The van der Waals surface area contributed by atoms with Gasteiger partial charge in [0, 0.05) is 0 Å². The zero-order valence-corrected chi connectivity index (χ0v) is 14.2. The highest BCUT2D eigenvalue weighted by atomic mass is 32.2. The predicted molar refractivity (Wildman–Crippen MR) is 91.1 cm³/mol. The van der Waals surface area contributed by atoms with Crippen LogP contribution in [0.15, 0.2) is 42.5 Å². The summed E-state index contributed by atoms with van der Waals surface area (Å²) in [6.45, 7) is -0.862. The number of nitrogens with one attached hydrogen (secondary N) is 1. The quantitative estimate of drug-likeness (QED) is 0.679. The van der Waals surface area contributed by atoms with E-state index in [1.165, 1.54) is 0 Å². The van der Waals surface area contributed by atoms with Crippen LogP contribution in [0.4, 0.5) is 4.79 Å². The maximum atomic E-state index is 12.0. The van der Waals surface area contributed by atoms with Gasteiger partial charge in [-0.05, 0) is 27.8 Å². The number of fused-ring (bicyclic) bond motifs is 3. The van der Waals surface area contributed by atoms with Gasteiger partial charge in [-0.25, -0.2) is 4.79 Å². The van der Waals surface area contributed by atoms with Crippen molar-refractivity contribution < 1.29 is 32.4 Å². The molecule has 0 saturated carbocycles. The molecule has 2 aromatic carbocycles. The highest BCUT2D eigenvalue weighted by Gasteiger charge is 2.38. The van der Waals surface area contributed by atoms with E-state index in [1.807, 2.05) is 0 Å².